The van der Waals surface area contributed by atoms with Crippen LogP contribution in [0.4, 0.5) is 0 Å². The second-order valence-corrected chi connectivity index (χ2v) is 5.98. The molecule has 1 aliphatic rings. The number of carbonyl (C=O) groups is 1. The Labute approximate surface area is 111 Å². The zero-order valence-electron chi connectivity index (χ0n) is 12.4. The van der Waals surface area contributed by atoms with Crippen LogP contribution in [0.15, 0.2) is 0 Å². The second-order valence-electron chi connectivity index (χ2n) is 5.98. The Morgan fingerprint density at radius 2 is 2.00 bits per heavy atom. The van der Waals surface area contributed by atoms with Gasteiger partial charge in [0.2, 0.25) is 0 Å². The van der Waals surface area contributed by atoms with Gasteiger partial charge in [-0.1, -0.05) is 20.8 Å². The van der Waals surface area contributed by atoms with Gasteiger partial charge in [0.25, 0.3) is 0 Å². The van der Waals surface area contributed by atoms with Crippen LogP contribution in [0.3, 0.4) is 0 Å². The zero-order valence-corrected chi connectivity index (χ0v) is 12.4. The fourth-order valence-corrected chi connectivity index (χ4v) is 2.59. The van der Waals surface area contributed by atoms with E-state index >= 15 is 0 Å². The monoisotopic (exact) mass is 256 g/mol. The third-order valence-electron chi connectivity index (χ3n) is 4.31. The van der Waals surface area contributed by atoms with Crippen molar-refractivity contribution in [2.24, 2.45) is 11.8 Å². The molecule has 2 N–H and O–H groups in total. The molecule has 4 heteroatoms. The summed E-state index contributed by atoms with van der Waals surface area (Å²) in [6.07, 6.45) is 2.06. The molecule has 18 heavy (non-hydrogen) atoms. The van der Waals surface area contributed by atoms with E-state index in [9.17, 15) is 9.90 Å². The minimum atomic E-state index is -0.757. The van der Waals surface area contributed by atoms with Gasteiger partial charge in [-0.15, -0.1) is 0 Å². The first-order valence-corrected chi connectivity index (χ1v) is 7.03. The van der Waals surface area contributed by atoms with Gasteiger partial charge in [-0.2, -0.15) is 0 Å². The van der Waals surface area contributed by atoms with Crippen molar-refractivity contribution in [3.8, 4) is 0 Å². The van der Waals surface area contributed by atoms with E-state index in [4.69, 9.17) is 0 Å². The average molecular weight is 256 g/mol. The molecule has 0 heterocycles. The molecule has 4 nitrogen and oxygen atoms in total. The number of nitrogens with one attached hydrogen (secondary N) is 1. The Bertz CT molecular complexity index is 290. The number of rotatable bonds is 8. The van der Waals surface area contributed by atoms with E-state index in [2.05, 4.69) is 31.0 Å². The summed E-state index contributed by atoms with van der Waals surface area (Å²) < 4.78 is 0. The van der Waals surface area contributed by atoms with E-state index in [1.54, 1.807) is 0 Å². The van der Waals surface area contributed by atoms with Gasteiger partial charge in [0, 0.05) is 12.6 Å². The Balaban J connectivity index is 2.80. The van der Waals surface area contributed by atoms with Gasteiger partial charge >= 0.3 is 5.97 Å². The summed E-state index contributed by atoms with van der Waals surface area (Å²) in [4.78, 5) is 13.9. The van der Waals surface area contributed by atoms with E-state index < -0.39 is 11.5 Å². The molecule has 1 rings (SSSR count). The summed E-state index contributed by atoms with van der Waals surface area (Å²) in [6, 6.07) is 0.390. The quantitative estimate of drug-likeness (QED) is 0.695. The molecule has 0 aliphatic heterocycles. The lowest BCUT2D eigenvalue weighted by Crippen LogP contribution is -2.61. The Kier molecular flexibility index (Phi) is 5.17. The van der Waals surface area contributed by atoms with Crippen LogP contribution >= 0.6 is 0 Å². The van der Waals surface area contributed by atoms with Crippen LogP contribution in [0.5, 0.6) is 0 Å². The molecule has 0 bridgehead atoms. The van der Waals surface area contributed by atoms with Crippen LogP contribution in [0, 0.1) is 11.8 Å². The van der Waals surface area contributed by atoms with Crippen molar-refractivity contribution in [3.05, 3.63) is 0 Å². The maximum absolute atomic E-state index is 11.7. The van der Waals surface area contributed by atoms with Crippen molar-refractivity contribution in [1.82, 2.24) is 10.2 Å². The molecule has 106 valence electrons. The van der Waals surface area contributed by atoms with Crippen LogP contribution in [-0.2, 0) is 4.79 Å². The Morgan fingerprint density at radius 3 is 2.33 bits per heavy atom. The SMILES string of the molecule is CCNC(CN(C)C(C)C(C)C)(C(=O)O)C1CC1. The molecule has 0 aromatic heterocycles. The van der Waals surface area contributed by atoms with Crippen molar-refractivity contribution >= 4 is 5.97 Å². The van der Waals surface area contributed by atoms with Gasteiger partial charge in [-0.3, -0.25) is 4.79 Å². The molecule has 1 fully saturated rings. The molecule has 0 aromatic rings. The molecule has 2 atom stereocenters. The molecular weight excluding hydrogens is 228 g/mol. The van der Waals surface area contributed by atoms with E-state index in [-0.39, 0.29) is 5.92 Å². The van der Waals surface area contributed by atoms with E-state index in [0.717, 1.165) is 12.8 Å². The summed E-state index contributed by atoms with van der Waals surface area (Å²) >= 11 is 0. The van der Waals surface area contributed by atoms with Gasteiger partial charge in [0.1, 0.15) is 5.54 Å². The zero-order chi connectivity index (χ0) is 13.9. The summed E-state index contributed by atoms with van der Waals surface area (Å²) in [7, 11) is 2.03. The highest BCUT2D eigenvalue weighted by molar-refractivity contribution is 5.80. The van der Waals surface area contributed by atoms with Crippen LogP contribution < -0.4 is 5.32 Å². The number of hydrogen-bond acceptors (Lipinski definition) is 3. The minimum Gasteiger partial charge on any atom is -0.480 e. The first-order valence-electron chi connectivity index (χ1n) is 7.03. The summed E-state index contributed by atoms with van der Waals surface area (Å²) in [5, 5.41) is 12.9. The molecule has 2 unspecified atom stereocenters. The fraction of sp³-hybridized carbons (Fsp3) is 0.929. The maximum Gasteiger partial charge on any atom is 0.325 e. The van der Waals surface area contributed by atoms with Crippen LogP contribution in [0.25, 0.3) is 0 Å². The molecule has 0 radical (unpaired) electrons. The smallest absolute Gasteiger partial charge is 0.325 e. The van der Waals surface area contributed by atoms with E-state index in [1.165, 1.54) is 0 Å². The molecule has 1 aliphatic carbocycles. The van der Waals surface area contributed by atoms with Crippen molar-refractivity contribution in [2.75, 3.05) is 20.1 Å². The largest absolute Gasteiger partial charge is 0.480 e. The average Bonchev–Trinajstić information content (AvgIpc) is 3.10. The minimum absolute atomic E-state index is 0.289. The maximum atomic E-state index is 11.7. The van der Waals surface area contributed by atoms with Crippen LogP contribution in [-0.4, -0.2) is 47.7 Å². The lowest BCUT2D eigenvalue weighted by Gasteiger charge is -2.38. The highest BCUT2D eigenvalue weighted by atomic mass is 16.4. The standard InChI is InChI=1S/C14H28N2O2/c1-6-15-14(13(17)18,12-7-8-12)9-16(5)11(4)10(2)3/h10-12,15H,6-9H2,1-5H3,(H,17,18). The number of likely N-dealkylation sites (N-methyl/N-ethyl adjacent to an activating group) is 2. The fourth-order valence-electron chi connectivity index (χ4n) is 2.59. The number of hydrogen-bond donors (Lipinski definition) is 2. The summed E-state index contributed by atoms with van der Waals surface area (Å²) in [5.41, 5.74) is -0.757. The molecule has 0 saturated heterocycles. The molecule has 0 aromatic carbocycles. The summed E-state index contributed by atoms with van der Waals surface area (Å²) in [6.45, 7) is 9.77. The van der Waals surface area contributed by atoms with Gasteiger partial charge in [0.05, 0.1) is 0 Å². The van der Waals surface area contributed by atoms with Crippen LogP contribution in [0.1, 0.15) is 40.5 Å². The van der Waals surface area contributed by atoms with E-state index in [0.29, 0.717) is 25.0 Å². The van der Waals surface area contributed by atoms with E-state index in [1.807, 2.05) is 14.0 Å². The Morgan fingerprint density at radius 1 is 1.44 bits per heavy atom. The molecule has 0 spiro atoms. The molecule has 0 amide bonds. The second kappa shape index (κ2) is 6.02. The third-order valence-corrected chi connectivity index (χ3v) is 4.31. The normalized spacial score (nSPS) is 21.1. The number of nitrogens with zero attached hydrogens (tertiary/aromatic N) is 1. The molecular formula is C14H28N2O2. The highest BCUT2D eigenvalue weighted by Crippen LogP contribution is 2.40. The van der Waals surface area contributed by atoms with Gasteiger partial charge in [-0.05, 0) is 45.2 Å². The topological polar surface area (TPSA) is 52.6 Å². The number of carboxylic acids is 1. The van der Waals surface area contributed by atoms with Gasteiger partial charge in [-0.25, -0.2) is 0 Å². The van der Waals surface area contributed by atoms with Gasteiger partial charge in [0.15, 0.2) is 0 Å². The van der Waals surface area contributed by atoms with Gasteiger partial charge < -0.3 is 15.3 Å². The predicted octanol–water partition coefficient (Wildman–Crippen LogP) is 1.81. The third kappa shape index (κ3) is 3.23. The Hall–Kier alpha value is -0.610. The molecule has 1 saturated carbocycles. The summed E-state index contributed by atoms with van der Waals surface area (Å²) in [5.74, 6) is 0.119. The lowest BCUT2D eigenvalue weighted by atomic mass is 9.91. The highest BCUT2D eigenvalue weighted by Gasteiger charge is 2.51. The predicted molar refractivity (Wildman–Crippen MR) is 73.7 cm³/mol. The van der Waals surface area contributed by atoms with Crippen molar-refractivity contribution in [2.45, 2.75) is 52.1 Å². The van der Waals surface area contributed by atoms with Crippen molar-refractivity contribution < 1.29 is 9.90 Å². The lowest BCUT2D eigenvalue weighted by molar-refractivity contribution is -0.147. The van der Waals surface area contributed by atoms with Crippen LogP contribution in [0.2, 0.25) is 0 Å². The first-order chi connectivity index (χ1) is 8.35. The number of carboxylic acid groups (broad SMARTS) is 1. The number of aliphatic carboxylic acids is 1. The first kappa shape index (κ1) is 15.4. The van der Waals surface area contributed by atoms with Crippen molar-refractivity contribution in [3.63, 3.8) is 0 Å². The van der Waals surface area contributed by atoms with Crippen molar-refractivity contribution in [1.29, 1.82) is 0 Å².